The number of benzene rings is 2. The minimum absolute atomic E-state index is 0.00580. The lowest BCUT2D eigenvalue weighted by Crippen LogP contribution is -2.51. The van der Waals surface area contributed by atoms with E-state index in [9.17, 15) is 23.2 Å². The molecule has 0 fully saturated rings. The van der Waals surface area contributed by atoms with Crippen LogP contribution in [0.15, 0.2) is 60.2 Å². The van der Waals surface area contributed by atoms with Gasteiger partial charge in [0.15, 0.2) is 0 Å². The molecule has 0 saturated carbocycles. The van der Waals surface area contributed by atoms with Crippen molar-refractivity contribution in [2.45, 2.75) is 24.3 Å². The van der Waals surface area contributed by atoms with Crippen LogP contribution in [0.1, 0.15) is 21.9 Å². The van der Waals surface area contributed by atoms with Crippen LogP contribution < -0.4 is 10.6 Å². The molecule has 8 nitrogen and oxygen atoms in total. The number of hydrogen-bond donors (Lipinski definition) is 3. The number of ether oxygens (including phenoxy) is 1. The van der Waals surface area contributed by atoms with Gasteiger partial charge < -0.3 is 20.5 Å². The van der Waals surface area contributed by atoms with Crippen molar-refractivity contribution in [3.8, 4) is 11.1 Å². The van der Waals surface area contributed by atoms with Crippen molar-refractivity contribution in [3.63, 3.8) is 0 Å². The monoisotopic (exact) mass is 501 g/mol. The number of carboxylic acid groups (broad SMARTS) is 1. The number of carbonyl (C=O) groups excluding carboxylic acids is 2. The predicted octanol–water partition coefficient (Wildman–Crippen LogP) is 3.43. The van der Waals surface area contributed by atoms with Crippen LogP contribution in [0.2, 0.25) is 0 Å². The Morgan fingerprint density at radius 3 is 2.29 bits per heavy atom. The number of rotatable bonds is 9. The van der Waals surface area contributed by atoms with Crippen LogP contribution in [-0.4, -0.2) is 53.2 Å². The van der Waals surface area contributed by atoms with Gasteiger partial charge in [-0.3, -0.25) is 9.78 Å². The van der Waals surface area contributed by atoms with E-state index in [1.54, 1.807) is 0 Å². The Hall–Kier alpha value is -3.86. The summed E-state index contributed by atoms with van der Waals surface area (Å²) < 4.78 is 32.3. The molecule has 1 unspecified atom stereocenters. The molecule has 2 amide bonds. The fourth-order valence-corrected chi connectivity index (χ4v) is 4.57. The standard InChI is InChI=1S/C24H21F2N3O5S/c25-24(26,22(31)32)12-28-21(30)20(9-14-10-27-13-35-14)29-23(33)34-11-19-17-7-3-1-5-15(17)16-6-2-4-8-18(16)19/h1-8,10,13,19-20H,9,11-12H2,(H,28,30)(H,29,33)(H,31,32). The SMILES string of the molecule is O=C(NC(Cc1cncs1)C(=O)NCC(F)(F)C(=O)O)OCC1c2ccccc2-c2ccccc21. The summed E-state index contributed by atoms with van der Waals surface area (Å²) in [5, 5.41) is 12.9. The summed E-state index contributed by atoms with van der Waals surface area (Å²) >= 11 is 1.22. The largest absolute Gasteiger partial charge is 0.477 e. The average molecular weight is 502 g/mol. The normalized spacial score (nSPS) is 13.4. The molecule has 182 valence electrons. The molecule has 1 atom stereocenters. The third-order valence-corrected chi connectivity index (χ3v) is 6.44. The van der Waals surface area contributed by atoms with Crippen LogP contribution in [-0.2, 0) is 20.7 Å². The van der Waals surface area contributed by atoms with Gasteiger partial charge in [0.2, 0.25) is 5.91 Å². The number of aromatic nitrogens is 1. The molecule has 0 spiro atoms. The molecule has 3 aromatic rings. The summed E-state index contributed by atoms with van der Waals surface area (Å²) in [5.41, 5.74) is 5.65. The highest BCUT2D eigenvalue weighted by atomic mass is 32.1. The number of carboxylic acids is 1. The maximum absolute atomic E-state index is 13.4. The van der Waals surface area contributed by atoms with Crippen LogP contribution in [0, 0.1) is 0 Å². The van der Waals surface area contributed by atoms with E-state index >= 15 is 0 Å². The lowest BCUT2D eigenvalue weighted by molar-refractivity contribution is -0.164. The number of halogens is 2. The molecule has 0 aliphatic heterocycles. The number of thiazole rings is 1. The Labute approximate surface area is 203 Å². The number of hydrogen-bond acceptors (Lipinski definition) is 6. The predicted molar refractivity (Wildman–Crippen MR) is 123 cm³/mol. The van der Waals surface area contributed by atoms with Crippen LogP contribution in [0.3, 0.4) is 0 Å². The summed E-state index contributed by atoms with van der Waals surface area (Å²) in [7, 11) is 0. The average Bonchev–Trinajstić information content (AvgIpc) is 3.47. The Bertz CT molecular complexity index is 1190. The van der Waals surface area contributed by atoms with Gasteiger partial charge in [0, 0.05) is 23.4 Å². The fourth-order valence-electron chi connectivity index (χ4n) is 3.93. The first kappa shape index (κ1) is 24.3. The molecule has 0 saturated heterocycles. The third-order valence-electron chi connectivity index (χ3n) is 5.64. The van der Waals surface area contributed by atoms with Crippen molar-refractivity contribution < 1.29 is 33.0 Å². The minimum Gasteiger partial charge on any atom is -0.477 e. The number of alkyl halides is 2. The molecule has 35 heavy (non-hydrogen) atoms. The van der Waals surface area contributed by atoms with E-state index in [-0.39, 0.29) is 18.9 Å². The first-order valence-corrected chi connectivity index (χ1v) is 11.5. The molecule has 2 aromatic carbocycles. The number of fused-ring (bicyclic) bond motifs is 3. The smallest absolute Gasteiger partial charge is 0.407 e. The zero-order valence-corrected chi connectivity index (χ0v) is 19.1. The van der Waals surface area contributed by atoms with E-state index in [2.05, 4.69) is 10.3 Å². The number of nitrogens with one attached hydrogen (secondary N) is 2. The first-order valence-electron chi connectivity index (χ1n) is 10.6. The quantitative estimate of drug-likeness (QED) is 0.414. The summed E-state index contributed by atoms with van der Waals surface area (Å²) in [4.78, 5) is 40.3. The Balaban J connectivity index is 1.43. The van der Waals surface area contributed by atoms with Crippen molar-refractivity contribution in [1.82, 2.24) is 15.6 Å². The Morgan fingerprint density at radius 2 is 1.71 bits per heavy atom. The topological polar surface area (TPSA) is 118 Å². The molecule has 1 aliphatic carbocycles. The summed E-state index contributed by atoms with van der Waals surface area (Å²) in [6.45, 7) is -1.40. The van der Waals surface area contributed by atoms with Gasteiger partial charge in [-0.2, -0.15) is 8.78 Å². The summed E-state index contributed by atoms with van der Waals surface area (Å²) in [6.07, 6.45) is 0.553. The van der Waals surface area contributed by atoms with Crippen LogP contribution in [0.25, 0.3) is 11.1 Å². The van der Waals surface area contributed by atoms with E-state index in [4.69, 9.17) is 9.84 Å². The second-order valence-electron chi connectivity index (χ2n) is 7.92. The van der Waals surface area contributed by atoms with E-state index in [1.165, 1.54) is 23.0 Å². The number of aliphatic carboxylic acids is 1. The van der Waals surface area contributed by atoms with Crippen molar-refractivity contribution in [3.05, 3.63) is 76.2 Å². The van der Waals surface area contributed by atoms with Crippen molar-refractivity contribution >= 4 is 29.3 Å². The third kappa shape index (κ3) is 5.46. The number of carbonyl (C=O) groups is 3. The fraction of sp³-hybridized carbons (Fsp3) is 0.250. The van der Waals surface area contributed by atoms with E-state index in [0.29, 0.717) is 4.88 Å². The van der Waals surface area contributed by atoms with Crippen molar-refractivity contribution in [1.29, 1.82) is 0 Å². The van der Waals surface area contributed by atoms with Gasteiger partial charge in [-0.1, -0.05) is 48.5 Å². The number of nitrogens with zero attached hydrogens (tertiary/aromatic N) is 1. The number of amides is 2. The van der Waals surface area contributed by atoms with E-state index < -0.39 is 36.5 Å². The van der Waals surface area contributed by atoms with Gasteiger partial charge in [-0.05, 0) is 22.3 Å². The highest BCUT2D eigenvalue weighted by Crippen LogP contribution is 2.44. The van der Waals surface area contributed by atoms with Crippen LogP contribution in [0.4, 0.5) is 13.6 Å². The lowest BCUT2D eigenvalue weighted by atomic mass is 9.98. The Morgan fingerprint density at radius 1 is 1.09 bits per heavy atom. The molecule has 0 bridgehead atoms. The zero-order chi connectivity index (χ0) is 25.0. The maximum atomic E-state index is 13.4. The summed E-state index contributed by atoms with van der Waals surface area (Å²) in [5.74, 6) is -7.67. The molecular formula is C24H21F2N3O5S. The van der Waals surface area contributed by atoms with Gasteiger partial charge >= 0.3 is 18.0 Å². The first-order chi connectivity index (χ1) is 16.8. The Kier molecular flexibility index (Phi) is 7.06. The lowest BCUT2D eigenvalue weighted by Gasteiger charge is -2.20. The van der Waals surface area contributed by atoms with Gasteiger partial charge in [-0.15, -0.1) is 11.3 Å². The van der Waals surface area contributed by atoms with Gasteiger partial charge in [-0.25, -0.2) is 9.59 Å². The van der Waals surface area contributed by atoms with Gasteiger partial charge in [0.1, 0.15) is 12.6 Å². The summed E-state index contributed by atoms with van der Waals surface area (Å²) in [6, 6.07) is 14.3. The highest BCUT2D eigenvalue weighted by molar-refractivity contribution is 7.09. The highest BCUT2D eigenvalue weighted by Gasteiger charge is 2.40. The van der Waals surface area contributed by atoms with E-state index in [0.717, 1.165) is 22.3 Å². The molecule has 3 N–H and O–H groups in total. The second kappa shape index (κ2) is 10.2. The van der Waals surface area contributed by atoms with Crippen molar-refractivity contribution in [2.24, 2.45) is 0 Å². The molecule has 1 heterocycles. The van der Waals surface area contributed by atoms with Crippen LogP contribution in [0.5, 0.6) is 0 Å². The second-order valence-corrected chi connectivity index (χ2v) is 8.89. The molecule has 11 heteroatoms. The minimum atomic E-state index is -4.14. The van der Waals surface area contributed by atoms with Gasteiger partial charge in [0.25, 0.3) is 0 Å². The van der Waals surface area contributed by atoms with Crippen molar-refractivity contribution in [2.75, 3.05) is 13.2 Å². The maximum Gasteiger partial charge on any atom is 0.407 e. The van der Waals surface area contributed by atoms with Crippen LogP contribution >= 0.6 is 11.3 Å². The molecule has 4 rings (SSSR count). The molecule has 1 aliphatic rings. The number of alkyl carbamates (subject to hydrolysis) is 1. The molecule has 0 radical (unpaired) electrons. The molecule has 1 aromatic heterocycles. The van der Waals surface area contributed by atoms with E-state index in [1.807, 2.05) is 53.8 Å². The van der Waals surface area contributed by atoms with Gasteiger partial charge in [0.05, 0.1) is 12.1 Å². The zero-order valence-electron chi connectivity index (χ0n) is 18.2. The molecular weight excluding hydrogens is 480 g/mol.